The molecule has 5 nitrogen and oxygen atoms in total. The Morgan fingerprint density at radius 3 is 3.00 bits per heavy atom. The van der Waals surface area contributed by atoms with Gasteiger partial charge in [-0.15, -0.1) is 0 Å². The van der Waals surface area contributed by atoms with Crippen LogP contribution in [0.2, 0.25) is 0 Å². The zero-order chi connectivity index (χ0) is 11.1. The average molecular weight is 217 g/mol. The summed E-state index contributed by atoms with van der Waals surface area (Å²) in [5, 5.41) is 20.1. The highest BCUT2D eigenvalue weighted by molar-refractivity contribution is 5.75. The number of rotatable bonds is 6. The molecule has 88 valence electrons. The summed E-state index contributed by atoms with van der Waals surface area (Å²) < 4.78 is 5.38. The molecule has 1 saturated heterocycles. The highest BCUT2D eigenvalue weighted by atomic mass is 16.5. The molecular weight excluding hydrogens is 198 g/mol. The van der Waals surface area contributed by atoms with E-state index in [1.165, 1.54) is 0 Å². The number of carbonyl (C=O) groups excluding carboxylic acids is 1. The number of hydrogen-bond donors (Lipinski definition) is 3. The van der Waals surface area contributed by atoms with Gasteiger partial charge in [0, 0.05) is 19.6 Å². The van der Waals surface area contributed by atoms with Crippen LogP contribution in [0.4, 0.5) is 0 Å². The molecule has 15 heavy (non-hydrogen) atoms. The van der Waals surface area contributed by atoms with Crippen molar-refractivity contribution in [2.75, 3.05) is 19.8 Å². The molecule has 1 heterocycles. The minimum Gasteiger partial charge on any atom is -0.394 e. The van der Waals surface area contributed by atoms with Gasteiger partial charge in [-0.1, -0.05) is 0 Å². The summed E-state index contributed by atoms with van der Waals surface area (Å²) in [6, 6.07) is 0. The first-order valence-corrected chi connectivity index (χ1v) is 5.39. The van der Waals surface area contributed by atoms with E-state index in [-0.39, 0.29) is 25.2 Å². The van der Waals surface area contributed by atoms with Crippen LogP contribution in [0, 0.1) is 0 Å². The first-order chi connectivity index (χ1) is 7.22. The molecule has 5 heteroatoms. The van der Waals surface area contributed by atoms with Crippen molar-refractivity contribution in [2.45, 2.75) is 37.9 Å². The number of aliphatic hydroxyl groups excluding tert-OH is 2. The first kappa shape index (κ1) is 12.4. The molecule has 0 spiro atoms. The Balaban J connectivity index is 2.02. The molecule has 0 saturated carbocycles. The summed E-state index contributed by atoms with van der Waals surface area (Å²) >= 11 is 0. The van der Waals surface area contributed by atoms with Gasteiger partial charge in [0.1, 0.15) is 0 Å². The minimum atomic E-state index is -0.864. The van der Waals surface area contributed by atoms with Crippen LogP contribution in [0.25, 0.3) is 0 Å². The fraction of sp³-hybridized carbons (Fsp3) is 0.900. The molecule has 1 aliphatic rings. The number of hydrogen-bond acceptors (Lipinski definition) is 4. The molecule has 1 amide bonds. The molecule has 0 aliphatic carbocycles. The molecule has 0 radical (unpaired) electrons. The van der Waals surface area contributed by atoms with Crippen molar-refractivity contribution in [1.82, 2.24) is 5.32 Å². The Kier molecular flexibility index (Phi) is 5.60. The summed E-state index contributed by atoms with van der Waals surface area (Å²) in [6.07, 6.45) is 2.63. The van der Waals surface area contributed by atoms with Crippen molar-refractivity contribution in [3.63, 3.8) is 0 Å². The lowest BCUT2D eigenvalue weighted by Crippen LogP contribution is -2.34. The second-order valence-electron chi connectivity index (χ2n) is 3.81. The van der Waals surface area contributed by atoms with E-state index >= 15 is 0 Å². The molecule has 1 rings (SSSR count). The van der Waals surface area contributed by atoms with Crippen LogP contribution in [0.3, 0.4) is 0 Å². The van der Waals surface area contributed by atoms with E-state index in [9.17, 15) is 4.79 Å². The van der Waals surface area contributed by atoms with E-state index in [0.717, 1.165) is 25.9 Å². The Labute approximate surface area is 89.4 Å². The predicted octanol–water partition coefficient (Wildman–Crippen LogP) is -0.585. The summed E-state index contributed by atoms with van der Waals surface area (Å²) in [5.41, 5.74) is 0. The summed E-state index contributed by atoms with van der Waals surface area (Å²) in [6.45, 7) is 0.586. The third-order valence-corrected chi connectivity index (χ3v) is 2.46. The Hall–Kier alpha value is -0.650. The van der Waals surface area contributed by atoms with Crippen LogP contribution in [0.1, 0.15) is 25.7 Å². The van der Waals surface area contributed by atoms with Crippen LogP contribution in [-0.2, 0) is 9.53 Å². The van der Waals surface area contributed by atoms with Gasteiger partial charge in [-0.25, -0.2) is 0 Å². The topological polar surface area (TPSA) is 78.8 Å². The molecule has 2 atom stereocenters. The van der Waals surface area contributed by atoms with Gasteiger partial charge in [-0.3, -0.25) is 4.79 Å². The summed E-state index contributed by atoms with van der Waals surface area (Å²) in [4.78, 5) is 11.3. The monoisotopic (exact) mass is 217 g/mol. The van der Waals surface area contributed by atoms with Crippen molar-refractivity contribution < 1.29 is 19.7 Å². The quantitative estimate of drug-likeness (QED) is 0.556. The van der Waals surface area contributed by atoms with Crippen LogP contribution >= 0.6 is 0 Å². The second kappa shape index (κ2) is 6.76. The highest BCUT2D eigenvalue weighted by Gasteiger charge is 2.16. The van der Waals surface area contributed by atoms with Gasteiger partial charge >= 0.3 is 0 Å². The average Bonchev–Trinajstić information content (AvgIpc) is 2.75. The zero-order valence-electron chi connectivity index (χ0n) is 8.82. The molecule has 0 aromatic rings. The third kappa shape index (κ3) is 5.11. The van der Waals surface area contributed by atoms with Gasteiger partial charge in [-0.05, 0) is 19.3 Å². The van der Waals surface area contributed by atoms with E-state index in [1.807, 2.05) is 0 Å². The van der Waals surface area contributed by atoms with Crippen molar-refractivity contribution in [3.8, 4) is 0 Å². The van der Waals surface area contributed by atoms with Gasteiger partial charge in [0.25, 0.3) is 0 Å². The molecule has 3 N–H and O–H groups in total. The summed E-state index contributed by atoms with van der Waals surface area (Å²) in [5.74, 6) is -0.0991. The lowest BCUT2D eigenvalue weighted by molar-refractivity contribution is -0.122. The minimum absolute atomic E-state index is 0.0991. The fourth-order valence-corrected chi connectivity index (χ4v) is 1.55. The van der Waals surface area contributed by atoms with Gasteiger partial charge < -0.3 is 20.3 Å². The Morgan fingerprint density at radius 1 is 1.60 bits per heavy atom. The third-order valence-electron chi connectivity index (χ3n) is 2.46. The first-order valence-electron chi connectivity index (χ1n) is 5.39. The van der Waals surface area contributed by atoms with Crippen molar-refractivity contribution in [3.05, 3.63) is 0 Å². The standard InChI is InChI=1S/C10H19NO4/c12-7-8(13)6-11-10(14)4-3-9-2-1-5-15-9/h8-9,12-13H,1-7H2,(H,11,14). The van der Waals surface area contributed by atoms with Gasteiger partial charge in [-0.2, -0.15) is 0 Å². The zero-order valence-corrected chi connectivity index (χ0v) is 8.82. The van der Waals surface area contributed by atoms with Crippen LogP contribution in [0.5, 0.6) is 0 Å². The van der Waals surface area contributed by atoms with E-state index in [4.69, 9.17) is 14.9 Å². The van der Waals surface area contributed by atoms with Crippen LogP contribution in [-0.4, -0.2) is 48.1 Å². The maximum Gasteiger partial charge on any atom is 0.220 e. The number of aliphatic hydroxyl groups is 2. The van der Waals surface area contributed by atoms with E-state index in [1.54, 1.807) is 0 Å². The number of amides is 1. The fourth-order valence-electron chi connectivity index (χ4n) is 1.55. The molecule has 1 aliphatic heterocycles. The van der Waals surface area contributed by atoms with Crippen molar-refractivity contribution in [1.29, 1.82) is 0 Å². The van der Waals surface area contributed by atoms with E-state index in [2.05, 4.69) is 5.32 Å². The smallest absolute Gasteiger partial charge is 0.220 e. The largest absolute Gasteiger partial charge is 0.394 e. The molecule has 2 unspecified atom stereocenters. The van der Waals surface area contributed by atoms with Gasteiger partial charge in [0.2, 0.25) is 5.91 Å². The molecule has 0 bridgehead atoms. The molecule has 0 aromatic carbocycles. The predicted molar refractivity (Wildman–Crippen MR) is 54.3 cm³/mol. The lowest BCUT2D eigenvalue weighted by Gasteiger charge is -2.11. The Bertz CT molecular complexity index is 192. The SMILES string of the molecule is O=C(CCC1CCCO1)NCC(O)CO. The number of nitrogens with one attached hydrogen (secondary N) is 1. The number of ether oxygens (including phenoxy) is 1. The van der Waals surface area contributed by atoms with Crippen LogP contribution in [0.15, 0.2) is 0 Å². The van der Waals surface area contributed by atoms with Crippen LogP contribution < -0.4 is 5.32 Å². The highest BCUT2D eigenvalue weighted by Crippen LogP contribution is 2.16. The van der Waals surface area contributed by atoms with Gasteiger partial charge in [0.05, 0.1) is 18.8 Å². The maximum atomic E-state index is 11.3. The summed E-state index contributed by atoms with van der Waals surface area (Å²) in [7, 11) is 0. The second-order valence-corrected chi connectivity index (χ2v) is 3.81. The van der Waals surface area contributed by atoms with Crippen molar-refractivity contribution >= 4 is 5.91 Å². The Morgan fingerprint density at radius 2 is 2.40 bits per heavy atom. The normalized spacial score (nSPS) is 22.7. The maximum absolute atomic E-state index is 11.3. The number of carbonyl (C=O) groups is 1. The lowest BCUT2D eigenvalue weighted by atomic mass is 10.1. The molecule has 0 aromatic heterocycles. The van der Waals surface area contributed by atoms with E-state index < -0.39 is 6.10 Å². The van der Waals surface area contributed by atoms with Gasteiger partial charge in [0.15, 0.2) is 0 Å². The van der Waals surface area contributed by atoms with Crippen molar-refractivity contribution in [2.24, 2.45) is 0 Å². The molecular formula is C10H19NO4. The molecule has 1 fully saturated rings. The van der Waals surface area contributed by atoms with E-state index in [0.29, 0.717) is 6.42 Å².